The van der Waals surface area contributed by atoms with E-state index in [4.69, 9.17) is 10.2 Å². The molecule has 4 rings (SSSR count). The van der Waals surface area contributed by atoms with E-state index < -0.39 is 10.0 Å². The van der Waals surface area contributed by atoms with Gasteiger partial charge in [-0.1, -0.05) is 24.3 Å². The van der Waals surface area contributed by atoms with Gasteiger partial charge in [-0.3, -0.25) is 4.79 Å². The number of rotatable bonds is 7. The Bertz CT molecular complexity index is 1230. The molecule has 1 aliphatic heterocycles. The van der Waals surface area contributed by atoms with E-state index in [1.54, 1.807) is 6.92 Å². The fraction of sp³-hybridized carbons (Fsp3) is 0.381. The van der Waals surface area contributed by atoms with Crippen molar-refractivity contribution in [2.75, 3.05) is 18.1 Å². The number of furan rings is 1. The maximum atomic E-state index is 13.1. The Kier molecular flexibility index (Phi) is 5.89. The molecule has 3 heterocycles. The quantitative estimate of drug-likeness (QED) is 0.546. The van der Waals surface area contributed by atoms with Crippen molar-refractivity contribution in [1.29, 1.82) is 0 Å². The first-order chi connectivity index (χ1) is 15.2. The van der Waals surface area contributed by atoms with Crippen LogP contribution in [-0.4, -0.2) is 52.2 Å². The molecule has 32 heavy (non-hydrogen) atoms. The van der Waals surface area contributed by atoms with Gasteiger partial charge in [0, 0.05) is 31.2 Å². The average molecular weight is 459 g/mol. The van der Waals surface area contributed by atoms with E-state index in [0.29, 0.717) is 36.0 Å². The Morgan fingerprint density at radius 3 is 2.50 bits per heavy atom. The molecule has 2 aromatic heterocycles. The van der Waals surface area contributed by atoms with E-state index in [-0.39, 0.29) is 24.4 Å². The molecule has 1 aromatic carbocycles. The van der Waals surface area contributed by atoms with Crippen molar-refractivity contribution in [3.63, 3.8) is 0 Å². The van der Waals surface area contributed by atoms with E-state index in [1.807, 2.05) is 31.2 Å². The second-order valence-electron chi connectivity index (χ2n) is 8.03. The van der Waals surface area contributed by atoms with Gasteiger partial charge in [0.05, 0.1) is 24.0 Å². The third kappa shape index (κ3) is 4.18. The first-order valence-corrected chi connectivity index (χ1v) is 12.1. The summed E-state index contributed by atoms with van der Waals surface area (Å²) in [6.07, 6.45) is 4.06. The Morgan fingerprint density at radius 2 is 1.94 bits per heavy atom. The molecular formula is C21H26N6O4S. The lowest BCUT2D eigenvalue weighted by Gasteiger charge is -2.42. The summed E-state index contributed by atoms with van der Waals surface area (Å²) in [7, 11) is -3.30. The Labute approximate surface area is 186 Å². The fourth-order valence-electron chi connectivity index (χ4n) is 3.72. The van der Waals surface area contributed by atoms with Crippen molar-refractivity contribution in [2.45, 2.75) is 38.9 Å². The van der Waals surface area contributed by atoms with Crippen LogP contribution in [-0.2, 0) is 23.1 Å². The van der Waals surface area contributed by atoms with Gasteiger partial charge in [-0.2, -0.15) is 14.0 Å². The van der Waals surface area contributed by atoms with Gasteiger partial charge in [-0.05, 0) is 25.0 Å². The maximum absolute atomic E-state index is 13.1. The van der Waals surface area contributed by atoms with Gasteiger partial charge in [0.1, 0.15) is 6.26 Å². The van der Waals surface area contributed by atoms with Crippen molar-refractivity contribution < 1.29 is 17.6 Å². The van der Waals surface area contributed by atoms with Gasteiger partial charge in [0.2, 0.25) is 16.0 Å². The fourth-order valence-corrected chi connectivity index (χ4v) is 4.90. The normalized spacial score (nSPS) is 19.0. The molecule has 0 aliphatic carbocycles. The van der Waals surface area contributed by atoms with Crippen LogP contribution in [0.4, 0.5) is 5.95 Å². The third-order valence-corrected chi connectivity index (χ3v) is 7.12. The zero-order chi connectivity index (χ0) is 23.0. The van der Waals surface area contributed by atoms with E-state index in [0.717, 1.165) is 11.1 Å². The number of benzene rings is 1. The van der Waals surface area contributed by atoms with Crippen molar-refractivity contribution in [1.82, 2.24) is 19.1 Å². The molecule has 3 N–H and O–H groups in total. The summed E-state index contributed by atoms with van der Waals surface area (Å²) in [4.78, 5) is 17.7. The minimum Gasteiger partial charge on any atom is -0.471 e. The van der Waals surface area contributed by atoms with Crippen LogP contribution in [0.2, 0.25) is 0 Å². The molecule has 2 atom stereocenters. The number of nitrogens with one attached hydrogen (secondary N) is 1. The van der Waals surface area contributed by atoms with Gasteiger partial charge >= 0.3 is 0 Å². The molecule has 0 amide bonds. The van der Waals surface area contributed by atoms with Crippen molar-refractivity contribution in [3.05, 3.63) is 64.9 Å². The largest absolute Gasteiger partial charge is 0.471 e. The molecular weight excluding hydrogens is 432 g/mol. The minimum absolute atomic E-state index is 0.200. The lowest BCUT2D eigenvalue weighted by atomic mass is 9.92. The molecule has 11 heteroatoms. The zero-order valence-corrected chi connectivity index (χ0v) is 19.0. The Hall–Kier alpha value is -3.02. The molecule has 2 unspecified atom stereocenters. The molecule has 1 aliphatic rings. The van der Waals surface area contributed by atoms with Crippen LogP contribution in [0.25, 0.3) is 0 Å². The predicted molar refractivity (Wildman–Crippen MR) is 119 cm³/mol. The summed E-state index contributed by atoms with van der Waals surface area (Å²) < 4.78 is 31.5. The van der Waals surface area contributed by atoms with Crippen molar-refractivity contribution >= 4 is 21.9 Å². The topological polar surface area (TPSA) is 136 Å². The smallest absolute Gasteiger partial charge is 0.284 e. The summed E-state index contributed by atoms with van der Waals surface area (Å²) in [5.41, 5.74) is 8.74. The highest BCUT2D eigenvalue weighted by Crippen LogP contribution is 2.34. The number of nitrogens with zero attached hydrogens (tertiary/aromatic N) is 4. The molecule has 1 saturated heterocycles. The first-order valence-electron chi connectivity index (χ1n) is 10.2. The number of hydrogen-bond donors (Lipinski definition) is 2. The highest BCUT2D eigenvalue weighted by molar-refractivity contribution is 7.88. The van der Waals surface area contributed by atoms with Crippen LogP contribution in [0.15, 0.2) is 41.2 Å². The van der Waals surface area contributed by atoms with E-state index in [2.05, 4.69) is 15.4 Å². The molecule has 170 valence electrons. The second kappa shape index (κ2) is 8.49. The SMILES string of the molecule is Cc1cocc1C(=O)n1nc(C2CN(S(C)(=O)=O)C2C)nc1NCc1ccc(CN)cc1. The number of sulfonamides is 1. The third-order valence-electron chi connectivity index (χ3n) is 5.78. The van der Waals surface area contributed by atoms with Gasteiger partial charge < -0.3 is 15.5 Å². The van der Waals surface area contributed by atoms with Crippen LogP contribution < -0.4 is 11.1 Å². The second-order valence-corrected chi connectivity index (χ2v) is 9.97. The molecule has 0 bridgehead atoms. The minimum atomic E-state index is -3.30. The number of carbonyl (C=O) groups is 1. The summed E-state index contributed by atoms with van der Waals surface area (Å²) in [5, 5.41) is 7.63. The summed E-state index contributed by atoms with van der Waals surface area (Å²) in [6, 6.07) is 7.52. The number of aromatic nitrogens is 3. The Balaban J connectivity index is 1.61. The predicted octanol–water partition coefficient (Wildman–Crippen LogP) is 1.69. The summed E-state index contributed by atoms with van der Waals surface area (Å²) in [5.74, 6) is 0.142. The highest BCUT2D eigenvalue weighted by Gasteiger charge is 2.44. The summed E-state index contributed by atoms with van der Waals surface area (Å²) in [6.45, 7) is 4.76. The first kappa shape index (κ1) is 22.2. The standard InChI is InChI=1S/C21H26N6O4S/c1-13-11-31-12-18(13)20(28)27-21(23-9-16-6-4-15(8-22)5-7-16)24-19(25-27)17-10-26(14(17)2)32(3,29)30/h4-7,11-12,14,17H,8-10,22H2,1-3H3,(H,23,24,25). The number of anilines is 1. The molecule has 0 spiro atoms. The number of aryl methyl sites for hydroxylation is 1. The van der Waals surface area contributed by atoms with Crippen LogP contribution in [0.5, 0.6) is 0 Å². The lowest BCUT2D eigenvalue weighted by Crippen LogP contribution is -2.55. The Morgan fingerprint density at radius 1 is 1.25 bits per heavy atom. The van der Waals surface area contributed by atoms with Crippen molar-refractivity contribution in [3.8, 4) is 0 Å². The number of hydrogen-bond acceptors (Lipinski definition) is 8. The number of carbonyl (C=O) groups excluding carboxylic acids is 1. The van der Waals surface area contributed by atoms with Crippen molar-refractivity contribution in [2.24, 2.45) is 5.73 Å². The van der Waals surface area contributed by atoms with Crippen LogP contribution in [0, 0.1) is 6.92 Å². The maximum Gasteiger partial charge on any atom is 0.284 e. The molecule has 10 nitrogen and oxygen atoms in total. The lowest BCUT2D eigenvalue weighted by molar-refractivity contribution is 0.0943. The number of nitrogens with two attached hydrogens (primary N) is 1. The molecule has 1 fully saturated rings. The average Bonchev–Trinajstić information content (AvgIpc) is 3.36. The monoisotopic (exact) mass is 458 g/mol. The van der Waals surface area contributed by atoms with Gasteiger partial charge in [-0.25, -0.2) is 8.42 Å². The van der Waals surface area contributed by atoms with E-state index in [1.165, 1.54) is 27.8 Å². The summed E-state index contributed by atoms with van der Waals surface area (Å²) >= 11 is 0. The van der Waals surface area contributed by atoms with Gasteiger partial charge in [0.25, 0.3) is 5.91 Å². The molecule has 0 radical (unpaired) electrons. The van der Waals surface area contributed by atoms with Crippen LogP contribution >= 0.6 is 0 Å². The zero-order valence-electron chi connectivity index (χ0n) is 18.1. The molecule has 3 aromatic rings. The van der Waals surface area contributed by atoms with Gasteiger partial charge in [-0.15, -0.1) is 5.10 Å². The highest BCUT2D eigenvalue weighted by atomic mass is 32.2. The van der Waals surface area contributed by atoms with Crippen LogP contribution in [0.1, 0.15) is 45.7 Å². The van der Waals surface area contributed by atoms with Crippen LogP contribution in [0.3, 0.4) is 0 Å². The molecule has 0 saturated carbocycles. The van der Waals surface area contributed by atoms with E-state index >= 15 is 0 Å². The van der Waals surface area contributed by atoms with Gasteiger partial charge in [0.15, 0.2) is 5.82 Å². The van der Waals surface area contributed by atoms with E-state index in [9.17, 15) is 13.2 Å².